The second-order valence-electron chi connectivity index (χ2n) is 6.80. The lowest BCUT2D eigenvalue weighted by Gasteiger charge is -2.31. The van der Waals surface area contributed by atoms with Crippen LogP contribution in [0, 0.1) is 5.92 Å². The summed E-state index contributed by atoms with van der Waals surface area (Å²) in [6.45, 7) is 4.94. The quantitative estimate of drug-likeness (QED) is 0.729. The molecule has 1 saturated heterocycles. The molecule has 3 rings (SSSR count). The Hall–Kier alpha value is -2.74. The van der Waals surface area contributed by atoms with Gasteiger partial charge in [0.2, 0.25) is 11.8 Å². The third kappa shape index (κ3) is 5.00. The highest BCUT2D eigenvalue weighted by Crippen LogP contribution is 2.32. The van der Waals surface area contributed by atoms with Gasteiger partial charge in [-0.05, 0) is 19.8 Å². The zero-order valence-electron chi connectivity index (χ0n) is 16.6. The molecule has 1 fully saturated rings. The van der Waals surface area contributed by atoms with Gasteiger partial charge < -0.3 is 15.0 Å². The summed E-state index contributed by atoms with van der Waals surface area (Å²) in [4.78, 5) is 43.7. The van der Waals surface area contributed by atoms with Gasteiger partial charge in [-0.1, -0.05) is 48.6 Å². The molecule has 1 aromatic carbocycles. The van der Waals surface area contributed by atoms with Gasteiger partial charge >= 0.3 is 5.97 Å². The first-order chi connectivity index (χ1) is 14.0. The number of carbonyl (C=O) groups excluding carboxylic acids is 3. The average molecular weight is 416 g/mol. The van der Waals surface area contributed by atoms with E-state index in [0.29, 0.717) is 35.2 Å². The van der Waals surface area contributed by atoms with E-state index in [2.05, 4.69) is 10.3 Å². The van der Waals surface area contributed by atoms with Crippen molar-refractivity contribution in [2.24, 2.45) is 5.92 Å². The maximum Gasteiger partial charge on any atom is 0.350 e. The summed E-state index contributed by atoms with van der Waals surface area (Å²) in [5.74, 6) is -0.855. The Labute approximate surface area is 174 Å². The van der Waals surface area contributed by atoms with Crippen molar-refractivity contribution in [3.63, 3.8) is 0 Å². The first-order valence-corrected chi connectivity index (χ1v) is 10.7. The number of nitrogens with zero attached hydrogens (tertiary/aromatic N) is 2. The molecule has 1 N–H and O–H groups in total. The van der Waals surface area contributed by atoms with Crippen LogP contribution >= 0.6 is 11.3 Å². The van der Waals surface area contributed by atoms with Crippen molar-refractivity contribution in [3.8, 4) is 11.3 Å². The van der Waals surface area contributed by atoms with Crippen LogP contribution < -0.4 is 5.32 Å². The van der Waals surface area contributed by atoms with E-state index in [1.165, 1.54) is 0 Å². The van der Waals surface area contributed by atoms with Crippen LogP contribution in [0.5, 0.6) is 0 Å². The maximum absolute atomic E-state index is 12.8. The smallest absolute Gasteiger partial charge is 0.350 e. The van der Waals surface area contributed by atoms with E-state index in [1.54, 1.807) is 11.8 Å². The summed E-state index contributed by atoms with van der Waals surface area (Å²) in [5.41, 5.74) is 1.28. The Morgan fingerprint density at radius 2 is 2.00 bits per heavy atom. The van der Waals surface area contributed by atoms with E-state index in [0.717, 1.165) is 29.7 Å². The molecule has 0 unspecified atom stereocenters. The van der Waals surface area contributed by atoms with Gasteiger partial charge in [0.1, 0.15) is 4.88 Å². The topological polar surface area (TPSA) is 88.6 Å². The number of aromatic nitrogens is 1. The Morgan fingerprint density at radius 1 is 1.24 bits per heavy atom. The van der Waals surface area contributed by atoms with Crippen LogP contribution in [-0.2, 0) is 14.3 Å². The first kappa shape index (κ1) is 21.0. The number of amides is 2. The normalized spacial score (nSPS) is 16.3. The lowest BCUT2D eigenvalue weighted by molar-refractivity contribution is -0.134. The van der Waals surface area contributed by atoms with Crippen LogP contribution in [0.3, 0.4) is 0 Å². The number of esters is 1. The number of carbonyl (C=O) groups is 3. The average Bonchev–Trinajstić information content (AvgIpc) is 3.18. The summed E-state index contributed by atoms with van der Waals surface area (Å²) < 4.78 is 5.15. The summed E-state index contributed by atoms with van der Waals surface area (Å²) in [5, 5.41) is 3.20. The van der Waals surface area contributed by atoms with Crippen LogP contribution in [0.2, 0.25) is 0 Å². The van der Waals surface area contributed by atoms with Gasteiger partial charge in [0.25, 0.3) is 0 Å². The zero-order valence-corrected chi connectivity index (χ0v) is 17.5. The number of nitrogens with one attached hydrogen (secondary N) is 1. The van der Waals surface area contributed by atoms with E-state index in [1.807, 2.05) is 37.3 Å². The number of likely N-dealkylation sites (tertiary alicyclic amines) is 1. The third-order valence-electron chi connectivity index (χ3n) is 4.81. The molecule has 0 spiro atoms. The van der Waals surface area contributed by atoms with Gasteiger partial charge in [0.05, 0.1) is 18.2 Å². The Morgan fingerprint density at radius 3 is 2.69 bits per heavy atom. The molecule has 0 saturated carbocycles. The SMILES string of the molecule is CCOC(=O)c1sc(NC(=O)[C@H]2CCCN(C(=O)CC)C2)nc1-c1ccccc1. The van der Waals surface area contributed by atoms with Crippen molar-refractivity contribution >= 4 is 34.3 Å². The Balaban J connectivity index is 1.79. The minimum Gasteiger partial charge on any atom is -0.462 e. The van der Waals surface area contributed by atoms with E-state index in [4.69, 9.17) is 4.74 Å². The number of thiazole rings is 1. The van der Waals surface area contributed by atoms with E-state index < -0.39 is 5.97 Å². The number of benzene rings is 1. The molecule has 2 amide bonds. The summed E-state index contributed by atoms with van der Waals surface area (Å²) in [6, 6.07) is 9.33. The fraction of sp³-hybridized carbons (Fsp3) is 0.429. The van der Waals surface area contributed by atoms with Crippen molar-refractivity contribution in [1.82, 2.24) is 9.88 Å². The summed E-state index contributed by atoms with van der Waals surface area (Å²) in [6.07, 6.45) is 1.95. The molecule has 0 radical (unpaired) electrons. The predicted molar refractivity (Wildman–Crippen MR) is 112 cm³/mol. The molecule has 1 aliphatic heterocycles. The number of piperidine rings is 1. The third-order valence-corrected chi connectivity index (χ3v) is 5.76. The first-order valence-electron chi connectivity index (χ1n) is 9.85. The highest BCUT2D eigenvalue weighted by molar-refractivity contribution is 7.18. The Bertz CT molecular complexity index is 881. The lowest BCUT2D eigenvalue weighted by Crippen LogP contribution is -2.43. The van der Waals surface area contributed by atoms with Crippen molar-refractivity contribution in [1.29, 1.82) is 0 Å². The number of anilines is 1. The van der Waals surface area contributed by atoms with Crippen LogP contribution in [0.1, 0.15) is 42.8 Å². The zero-order chi connectivity index (χ0) is 20.8. The molecular formula is C21H25N3O4S. The van der Waals surface area contributed by atoms with E-state index in [9.17, 15) is 14.4 Å². The molecule has 8 heteroatoms. The highest BCUT2D eigenvalue weighted by atomic mass is 32.1. The van der Waals surface area contributed by atoms with Gasteiger partial charge in [0, 0.05) is 25.1 Å². The van der Waals surface area contributed by atoms with Gasteiger partial charge in [-0.2, -0.15) is 0 Å². The van der Waals surface area contributed by atoms with Gasteiger partial charge in [-0.15, -0.1) is 0 Å². The van der Waals surface area contributed by atoms with Gasteiger partial charge in [-0.25, -0.2) is 9.78 Å². The van der Waals surface area contributed by atoms with Crippen LogP contribution in [-0.4, -0.2) is 47.4 Å². The van der Waals surface area contributed by atoms with Crippen LogP contribution in [0.15, 0.2) is 30.3 Å². The van der Waals surface area contributed by atoms with Crippen molar-refractivity contribution in [2.75, 3.05) is 25.0 Å². The largest absolute Gasteiger partial charge is 0.462 e. The van der Waals surface area contributed by atoms with Crippen molar-refractivity contribution in [2.45, 2.75) is 33.1 Å². The van der Waals surface area contributed by atoms with Crippen LogP contribution in [0.4, 0.5) is 5.13 Å². The van der Waals surface area contributed by atoms with E-state index in [-0.39, 0.29) is 24.3 Å². The van der Waals surface area contributed by atoms with Gasteiger partial charge in [0.15, 0.2) is 5.13 Å². The minimum absolute atomic E-state index is 0.0627. The lowest BCUT2D eigenvalue weighted by atomic mass is 9.97. The second kappa shape index (κ2) is 9.65. The minimum atomic E-state index is -0.457. The predicted octanol–water partition coefficient (Wildman–Crippen LogP) is 3.57. The standard InChI is InChI=1S/C21H25N3O4S/c1-3-16(25)24-12-8-11-15(13-24)19(26)23-21-22-17(14-9-6-5-7-10-14)18(29-21)20(27)28-4-2/h5-7,9-10,15H,3-4,8,11-13H2,1-2H3,(H,22,23,26)/t15-/m0/s1. The molecule has 154 valence electrons. The van der Waals surface area contributed by atoms with Crippen molar-refractivity contribution in [3.05, 3.63) is 35.2 Å². The molecule has 0 bridgehead atoms. The number of hydrogen-bond acceptors (Lipinski definition) is 6. The molecule has 2 aromatic rings. The number of ether oxygens (including phenoxy) is 1. The fourth-order valence-corrected chi connectivity index (χ4v) is 4.23. The monoisotopic (exact) mass is 415 g/mol. The van der Waals surface area contributed by atoms with E-state index >= 15 is 0 Å². The number of rotatable bonds is 6. The maximum atomic E-state index is 12.8. The summed E-state index contributed by atoms with van der Waals surface area (Å²) in [7, 11) is 0. The molecule has 1 aliphatic rings. The molecule has 7 nitrogen and oxygen atoms in total. The van der Waals surface area contributed by atoms with Gasteiger partial charge in [-0.3, -0.25) is 9.59 Å². The fourth-order valence-electron chi connectivity index (χ4n) is 3.35. The molecule has 0 aliphatic carbocycles. The molecular weight excluding hydrogens is 390 g/mol. The second-order valence-corrected chi connectivity index (χ2v) is 7.80. The van der Waals surface area contributed by atoms with Crippen LogP contribution in [0.25, 0.3) is 11.3 Å². The van der Waals surface area contributed by atoms with Crippen molar-refractivity contribution < 1.29 is 19.1 Å². The highest BCUT2D eigenvalue weighted by Gasteiger charge is 2.29. The molecule has 29 heavy (non-hydrogen) atoms. The molecule has 1 aromatic heterocycles. The number of hydrogen-bond donors (Lipinski definition) is 1. The molecule has 1 atom stereocenters. The summed E-state index contributed by atoms with van der Waals surface area (Å²) >= 11 is 1.11. The Kier molecular flexibility index (Phi) is 6.98. The molecule has 2 heterocycles.